The quantitative estimate of drug-likeness (QED) is 0.514. The van der Waals surface area contributed by atoms with Crippen LogP contribution in [0.5, 0.6) is 0 Å². The Labute approximate surface area is 114 Å². The first-order chi connectivity index (χ1) is 8.31. The van der Waals surface area contributed by atoms with Gasteiger partial charge in [-0.15, -0.1) is 0 Å². The molecule has 1 unspecified atom stereocenters. The first kappa shape index (κ1) is 13.1. The third-order valence-electron chi connectivity index (χ3n) is 4.14. The number of alkyl halides is 1. The van der Waals surface area contributed by atoms with Gasteiger partial charge in [-0.1, -0.05) is 71.4 Å². The second kappa shape index (κ2) is 6.58. The molecule has 1 aliphatic carbocycles. The summed E-state index contributed by atoms with van der Waals surface area (Å²) in [6.45, 7) is 2.17. The second-order valence-electron chi connectivity index (χ2n) is 5.42. The lowest BCUT2D eigenvalue weighted by Crippen LogP contribution is -2.14. The number of halogens is 1. The van der Waals surface area contributed by atoms with E-state index in [1.54, 1.807) is 0 Å². The predicted octanol–water partition coefficient (Wildman–Crippen LogP) is 5.44. The second-order valence-corrected chi connectivity index (χ2v) is 6.07. The van der Waals surface area contributed by atoms with Gasteiger partial charge < -0.3 is 0 Å². The molecular weight excluding hydrogens is 272 g/mol. The summed E-state index contributed by atoms with van der Waals surface area (Å²) >= 11 is 3.73. The highest BCUT2D eigenvalue weighted by atomic mass is 79.9. The van der Waals surface area contributed by atoms with E-state index in [1.807, 2.05) is 0 Å². The lowest BCUT2D eigenvalue weighted by Gasteiger charge is -2.25. The molecule has 1 aromatic carbocycles. The highest BCUT2D eigenvalue weighted by molar-refractivity contribution is 9.09. The summed E-state index contributed by atoms with van der Waals surface area (Å²) in [4.78, 5) is 0. The molecule has 0 N–H and O–H groups in total. The smallest absolute Gasteiger partial charge is 0.0103 e. The van der Waals surface area contributed by atoms with Gasteiger partial charge in [-0.3, -0.25) is 0 Å². The molecule has 94 valence electrons. The van der Waals surface area contributed by atoms with Crippen LogP contribution >= 0.6 is 15.9 Å². The van der Waals surface area contributed by atoms with Gasteiger partial charge in [0, 0.05) is 5.33 Å². The monoisotopic (exact) mass is 294 g/mol. The summed E-state index contributed by atoms with van der Waals surface area (Å²) in [5.41, 5.74) is 2.89. The van der Waals surface area contributed by atoms with Gasteiger partial charge in [0.2, 0.25) is 0 Å². The predicted molar refractivity (Wildman–Crippen MR) is 78.9 cm³/mol. The fourth-order valence-corrected chi connectivity index (χ4v) is 3.92. The van der Waals surface area contributed by atoms with E-state index in [2.05, 4.69) is 47.1 Å². The Bertz CT molecular complexity index is 320. The summed E-state index contributed by atoms with van der Waals surface area (Å²) < 4.78 is 0. The molecule has 1 fully saturated rings. The highest BCUT2D eigenvalue weighted by Gasteiger charge is 2.23. The summed E-state index contributed by atoms with van der Waals surface area (Å²) in [6.07, 6.45) is 8.59. The van der Waals surface area contributed by atoms with Crippen molar-refractivity contribution in [2.75, 3.05) is 5.33 Å². The van der Waals surface area contributed by atoms with Crippen molar-refractivity contribution in [1.29, 1.82) is 0 Å². The van der Waals surface area contributed by atoms with E-state index in [4.69, 9.17) is 0 Å². The van der Waals surface area contributed by atoms with Crippen LogP contribution in [0.1, 0.15) is 55.6 Å². The molecule has 1 aliphatic rings. The van der Waals surface area contributed by atoms with Gasteiger partial charge in [0.25, 0.3) is 0 Å². The van der Waals surface area contributed by atoms with Crippen LogP contribution in [0, 0.1) is 12.8 Å². The summed E-state index contributed by atoms with van der Waals surface area (Å²) in [5, 5.41) is 1.11. The van der Waals surface area contributed by atoms with Crippen LogP contribution in [0.25, 0.3) is 0 Å². The minimum absolute atomic E-state index is 0.716. The molecule has 0 saturated heterocycles. The minimum Gasteiger partial charge on any atom is -0.0921 e. The fourth-order valence-electron chi connectivity index (χ4n) is 3.01. The van der Waals surface area contributed by atoms with E-state index >= 15 is 0 Å². The van der Waals surface area contributed by atoms with Crippen molar-refractivity contribution in [3.63, 3.8) is 0 Å². The summed E-state index contributed by atoms with van der Waals surface area (Å²) in [7, 11) is 0. The van der Waals surface area contributed by atoms with Gasteiger partial charge in [0.05, 0.1) is 0 Å². The van der Waals surface area contributed by atoms with Crippen molar-refractivity contribution in [2.45, 2.75) is 51.4 Å². The van der Waals surface area contributed by atoms with E-state index in [9.17, 15) is 0 Å². The topological polar surface area (TPSA) is 0 Å². The third kappa shape index (κ3) is 3.58. The Balaban J connectivity index is 2.11. The lowest BCUT2D eigenvalue weighted by atomic mass is 9.82. The van der Waals surface area contributed by atoms with Crippen LogP contribution in [0.2, 0.25) is 0 Å². The zero-order chi connectivity index (χ0) is 12.1. The van der Waals surface area contributed by atoms with E-state index in [0.717, 1.165) is 11.2 Å². The average Bonchev–Trinajstić information content (AvgIpc) is 2.62. The molecular formula is C16H23Br. The Hall–Kier alpha value is -0.300. The molecule has 0 bridgehead atoms. The molecule has 0 heterocycles. The molecule has 0 spiro atoms. The van der Waals surface area contributed by atoms with Crippen LogP contribution in [-0.4, -0.2) is 5.33 Å². The Morgan fingerprint density at radius 3 is 2.18 bits per heavy atom. The van der Waals surface area contributed by atoms with Crippen molar-refractivity contribution in [3.05, 3.63) is 35.4 Å². The van der Waals surface area contributed by atoms with Gasteiger partial charge in [-0.25, -0.2) is 0 Å². The van der Waals surface area contributed by atoms with Crippen molar-refractivity contribution in [3.8, 4) is 0 Å². The van der Waals surface area contributed by atoms with E-state index in [0.29, 0.717) is 5.92 Å². The van der Waals surface area contributed by atoms with Gasteiger partial charge in [0.15, 0.2) is 0 Å². The molecule has 1 aromatic rings. The maximum atomic E-state index is 3.73. The molecule has 1 saturated carbocycles. The van der Waals surface area contributed by atoms with Crippen LogP contribution in [0.4, 0.5) is 0 Å². The van der Waals surface area contributed by atoms with Gasteiger partial charge in [-0.2, -0.15) is 0 Å². The van der Waals surface area contributed by atoms with Crippen molar-refractivity contribution in [1.82, 2.24) is 0 Å². The number of hydrogen-bond donors (Lipinski definition) is 0. The van der Waals surface area contributed by atoms with E-state index in [-0.39, 0.29) is 0 Å². The van der Waals surface area contributed by atoms with Crippen molar-refractivity contribution < 1.29 is 0 Å². The van der Waals surface area contributed by atoms with Gasteiger partial charge >= 0.3 is 0 Å². The average molecular weight is 295 g/mol. The number of aryl methyl sites for hydroxylation is 1. The SMILES string of the molecule is Cc1ccc(C(CBr)C2CCCCCC2)cc1. The normalized spacial score (nSPS) is 19.9. The molecule has 17 heavy (non-hydrogen) atoms. The first-order valence-corrected chi connectivity index (χ1v) is 8.06. The third-order valence-corrected chi connectivity index (χ3v) is 4.84. The minimum atomic E-state index is 0.716. The molecule has 1 atom stereocenters. The maximum Gasteiger partial charge on any atom is 0.0103 e. The Morgan fingerprint density at radius 1 is 1.06 bits per heavy atom. The zero-order valence-electron chi connectivity index (χ0n) is 10.8. The molecule has 0 radical (unpaired) electrons. The molecule has 0 amide bonds. The summed E-state index contributed by atoms with van der Waals surface area (Å²) in [5.74, 6) is 1.60. The highest BCUT2D eigenvalue weighted by Crippen LogP contribution is 2.36. The van der Waals surface area contributed by atoms with Crippen LogP contribution in [0.15, 0.2) is 24.3 Å². The Morgan fingerprint density at radius 2 is 1.65 bits per heavy atom. The molecule has 0 aliphatic heterocycles. The molecule has 0 aromatic heterocycles. The van der Waals surface area contributed by atoms with Crippen LogP contribution in [-0.2, 0) is 0 Å². The molecule has 2 rings (SSSR count). The number of benzene rings is 1. The lowest BCUT2D eigenvalue weighted by molar-refractivity contribution is 0.400. The standard InChI is InChI=1S/C16H23Br/c1-13-8-10-15(11-9-13)16(12-17)14-6-4-2-3-5-7-14/h8-11,14,16H,2-7,12H2,1H3. The van der Waals surface area contributed by atoms with Gasteiger partial charge in [-0.05, 0) is 37.2 Å². The Kier molecular flexibility index (Phi) is 5.09. The number of rotatable bonds is 3. The fraction of sp³-hybridized carbons (Fsp3) is 0.625. The summed E-state index contributed by atoms with van der Waals surface area (Å²) in [6, 6.07) is 9.15. The van der Waals surface area contributed by atoms with Gasteiger partial charge in [0.1, 0.15) is 0 Å². The van der Waals surface area contributed by atoms with E-state index in [1.165, 1.54) is 49.7 Å². The van der Waals surface area contributed by atoms with Crippen LogP contribution in [0.3, 0.4) is 0 Å². The maximum absolute atomic E-state index is 3.73. The first-order valence-electron chi connectivity index (χ1n) is 6.94. The van der Waals surface area contributed by atoms with Crippen LogP contribution < -0.4 is 0 Å². The largest absolute Gasteiger partial charge is 0.0921 e. The molecule has 0 nitrogen and oxygen atoms in total. The molecule has 1 heteroatoms. The number of hydrogen-bond acceptors (Lipinski definition) is 0. The van der Waals surface area contributed by atoms with Crippen molar-refractivity contribution in [2.24, 2.45) is 5.92 Å². The van der Waals surface area contributed by atoms with Crippen molar-refractivity contribution >= 4 is 15.9 Å². The zero-order valence-corrected chi connectivity index (χ0v) is 12.4. The van der Waals surface area contributed by atoms with E-state index < -0.39 is 0 Å².